The van der Waals surface area contributed by atoms with E-state index in [1.54, 1.807) is 18.2 Å². The third-order valence-corrected chi connectivity index (χ3v) is 4.55. The molecule has 3 aromatic rings. The van der Waals surface area contributed by atoms with E-state index < -0.39 is 10.1 Å². The summed E-state index contributed by atoms with van der Waals surface area (Å²) >= 11 is 0. The number of fused-ring (bicyclic) bond motifs is 1. The Morgan fingerprint density at radius 2 is 1.50 bits per heavy atom. The molecule has 0 aliphatic heterocycles. The van der Waals surface area contributed by atoms with Crippen molar-refractivity contribution in [2.45, 2.75) is 4.90 Å². The van der Waals surface area contributed by atoms with Crippen molar-refractivity contribution in [1.29, 1.82) is 0 Å². The lowest BCUT2D eigenvalue weighted by molar-refractivity contribution is 0.112. The lowest BCUT2D eigenvalue weighted by Crippen LogP contribution is -2.10. The second kappa shape index (κ2) is 5.61. The van der Waals surface area contributed by atoms with Gasteiger partial charge in [0.2, 0.25) is 0 Å². The standard InChI is InChI=1S/C17H12O4S/c18-12-13-8-10-15(11-9-13)21-22(19,20)17-7-3-5-14-4-1-2-6-16(14)17/h1-12H. The van der Waals surface area contributed by atoms with Crippen LogP contribution in [0.15, 0.2) is 71.6 Å². The van der Waals surface area contributed by atoms with Crippen molar-refractivity contribution in [3.63, 3.8) is 0 Å². The van der Waals surface area contributed by atoms with Crippen LogP contribution in [-0.2, 0) is 10.1 Å². The summed E-state index contributed by atoms with van der Waals surface area (Å²) in [5.41, 5.74) is 0.454. The number of hydrogen-bond donors (Lipinski definition) is 0. The lowest BCUT2D eigenvalue weighted by atomic mass is 10.1. The molecule has 0 spiro atoms. The Labute approximate surface area is 128 Å². The summed E-state index contributed by atoms with van der Waals surface area (Å²) in [5, 5.41) is 1.43. The lowest BCUT2D eigenvalue weighted by Gasteiger charge is -2.09. The summed E-state index contributed by atoms with van der Waals surface area (Å²) in [6.45, 7) is 0. The second-order valence-corrected chi connectivity index (χ2v) is 6.22. The number of benzene rings is 3. The first-order chi connectivity index (χ1) is 10.6. The van der Waals surface area contributed by atoms with Gasteiger partial charge in [-0.1, -0.05) is 36.4 Å². The highest BCUT2D eigenvalue weighted by Gasteiger charge is 2.19. The third kappa shape index (κ3) is 2.71. The fourth-order valence-electron chi connectivity index (χ4n) is 2.19. The minimum Gasteiger partial charge on any atom is -0.379 e. The maximum Gasteiger partial charge on any atom is 0.339 e. The first-order valence-electron chi connectivity index (χ1n) is 6.58. The fraction of sp³-hybridized carbons (Fsp3) is 0. The number of rotatable bonds is 4. The highest BCUT2D eigenvalue weighted by molar-refractivity contribution is 7.87. The predicted octanol–water partition coefficient (Wildman–Crippen LogP) is 3.42. The smallest absolute Gasteiger partial charge is 0.339 e. The monoisotopic (exact) mass is 312 g/mol. The summed E-state index contributed by atoms with van der Waals surface area (Å²) in [5.74, 6) is 0.165. The highest BCUT2D eigenvalue weighted by Crippen LogP contribution is 2.26. The summed E-state index contributed by atoms with van der Waals surface area (Å²) in [6.07, 6.45) is 0.684. The molecular weight excluding hydrogens is 300 g/mol. The van der Waals surface area contributed by atoms with Crippen LogP contribution < -0.4 is 4.18 Å². The average Bonchev–Trinajstić information content (AvgIpc) is 2.54. The quantitative estimate of drug-likeness (QED) is 0.547. The van der Waals surface area contributed by atoms with Gasteiger partial charge in [-0.25, -0.2) is 0 Å². The van der Waals surface area contributed by atoms with Crippen molar-refractivity contribution in [2.75, 3.05) is 0 Å². The van der Waals surface area contributed by atoms with Crippen LogP contribution in [0.25, 0.3) is 10.8 Å². The molecule has 4 nitrogen and oxygen atoms in total. The van der Waals surface area contributed by atoms with Crippen LogP contribution in [-0.4, -0.2) is 14.7 Å². The van der Waals surface area contributed by atoms with Crippen molar-refractivity contribution < 1.29 is 17.4 Å². The molecule has 0 amide bonds. The molecule has 0 saturated carbocycles. The SMILES string of the molecule is O=Cc1ccc(OS(=O)(=O)c2cccc3ccccc23)cc1. The molecule has 0 N–H and O–H groups in total. The predicted molar refractivity (Wildman–Crippen MR) is 83.6 cm³/mol. The molecule has 0 bridgehead atoms. The summed E-state index contributed by atoms with van der Waals surface area (Å²) in [4.78, 5) is 10.7. The summed E-state index contributed by atoms with van der Waals surface area (Å²) in [6, 6.07) is 18.1. The first kappa shape index (κ1) is 14.3. The van der Waals surface area contributed by atoms with Crippen molar-refractivity contribution in [1.82, 2.24) is 0 Å². The molecule has 0 heterocycles. The van der Waals surface area contributed by atoms with Crippen molar-refractivity contribution in [3.05, 3.63) is 72.3 Å². The van der Waals surface area contributed by atoms with Crippen LogP contribution in [0, 0.1) is 0 Å². The van der Waals surface area contributed by atoms with Crippen LogP contribution in [0.1, 0.15) is 10.4 Å². The van der Waals surface area contributed by atoms with Crippen LogP contribution in [0.5, 0.6) is 5.75 Å². The van der Waals surface area contributed by atoms with Gasteiger partial charge >= 0.3 is 10.1 Å². The molecule has 110 valence electrons. The Morgan fingerprint density at radius 3 is 2.23 bits per heavy atom. The van der Waals surface area contributed by atoms with Crippen molar-refractivity contribution in [3.8, 4) is 5.75 Å². The largest absolute Gasteiger partial charge is 0.379 e. The normalized spacial score (nSPS) is 11.3. The average molecular weight is 312 g/mol. The van der Waals surface area contributed by atoms with E-state index in [4.69, 9.17) is 4.18 Å². The van der Waals surface area contributed by atoms with Crippen LogP contribution in [0.4, 0.5) is 0 Å². The van der Waals surface area contributed by atoms with Gasteiger partial charge < -0.3 is 4.18 Å². The third-order valence-electron chi connectivity index (χ3n) is 3.24. The number of aldehydes is 1. The molecule has 3 rings (SSSR count). The van der Waals surface area contributed by atoms with Crippen molar-refractivity contribution in [2.24, 2.45) is 0 Å². The Balaban J connectivity index is 2.02. The topological polar surface area (TPSA) is 60.4 Å². The van der Waals surface area contributed by atoms with E-state index in [2.05, 4.69) is 0 Å². The Hall–Kier alpha value is -2.66. The molecule has 0 unspecified atom stereocenters. The fourth-order valence-corrected chi connectivity index (χ4v) is 3.34. The van der Waals surface area contributed by atoms with Crippen LogP contribution in [0.3, 0.4) is 0 Å². The van der Waals surface area contributed by atoms with Gasteiger partial charge in [0, 0.05) is 10.9 Å². The molecule has 3 aromatic carbocycles. The molecular formula is C17H12O4S. The molecule has 5 heteroatoms. The molecule has 0 atom stereocenters. The minimum atomic E-state index is -3.95. The number of carbonyl (C=O) groups excluding carboxylic acids is 1. The maximum atomic E-state index is 12.5. The van der Waals surface area contributed by atoms with Gasteiger partial charge in [0.25, 0.3) is 0 Å². The Kier molecular flexibility index (Phi) is 3.65. The molecule has 0 radical (unpaired) electrons. The zero-order valence-electron chi connectivity index (χ0n) is 11.5. The van der Waals surface area contributed by atoms with Crippen LogP contribution >= 0.6 is 0 Å². The van der Waals surface area contributed by atoms with Gasteiger partial charge in [0.05, 0.1) is 0 Å². The molecule has 0 fully saturated rings. The van der Waals surface area contributed by atoms with Gasteiger partial charge in [-0.15, -0.1) is 0 Å². The van der Waals surface area contributed by atoms with Gasteiger partial charge in [-0.05, 0) is 35.7 Å². The first-order valence-corrected chi connectivity index (χ1v) is 7.98. The minimum absolute atomic E-state index is 0.116. The second-order valence-electron chi connectivity index (χ2n) is 4.70. The van der Waals surface area contributed by atoms with Gasteiger partial charge in [0.1, 0.15) is 16.9 Å². The van der Waals surface area contributed by atoms with Gasteiger partial charge in [-0.2, -0.15) is 8.42 Å². The van der Waals surface area contributed by atoms with E-state index in [0.29, 0.717) is 17.2 Å². The van der Waals surface area contributed by atoms with E-state index >= 15 is 0 Å². The van der Waals surface area contributed by atoms with E-state index in [-0.39, 0.29) is 10.6 Å². The highest BCUT2D eigenvalue weighted by atomic mass is 32.2. The number of carbonyl (C=O) groups is 1. The zero-order chi connectivity index (χ0) is 15.6. The molecule has 0 aromatic heterocycles. The zero-order valence-corrected chi connectivity index (χ0v) is 12.3. The number of hydrogen-bond acceptors (Lipinski definition) is 4. The Bertz CT molecular complexity index is 923. The molecule has 0 aliphatic rings. The van der Waals surface area contributed by atoms with E-state index in [0.717, 1.165) is 5.39 Å². The van der Waals surface area contributed by atoms with Crippen LogP contribution in [0.2, 0.25) is 0 Å². The van der Waals surface area contributed by atoms with Gasteiger partial charge in [-0.3, -0.25) is 4.79 Å². The molecule has 22 heavy (non-hydrogen) atoms. The van der Waals surface area contributed by atoms with E-state index in [9.17, 15) is 13.2 Å². The van der Waals surface area contributed by atoms with Crippen molar-refractivity contribution >= 4 is 27.2 Å². The Morgan fingerprint density at radius 1 is 0.818 bits per heavy atom. The summed E-state index contributed by atoms with van der Waals surface area (Å²) < 4.78 is 30.1. The molecule has 0 aliphatic carbocycles. The maximum absolute atomic E-state index is 12.5. The van der Waals surface area contributed by atoms with Gasteiger partial charge in [0.15, 0.2) is 0 Å². The van der Waals surface area contributed by atoms with E-state index in [1.807, 2.05) is 18.2 Å². The van der Waals surface area contributed by atoms with E-state index in [1.165, 1.54) is 30.3 Å². The molecule has 0 saturated heterocycles. The summed E-state index contributed by atoms with van der Waals surface area (Å²) in [7, 11) is -3.95.